The van der Waals surface area contributed by atoms with E-state index in [1.165, 1.54) is 24.6 Å². The summed E-state index contributed by atoms with van der Waals surface area (Å²) in [4.78, 5) is 28.4. The van der Waals surface area contributed by atoms with Crippen molar-refractivity contribution in [1.82, 2.24) is 19.3 Å². The number of pyridine rings is 1. The Kier molecular flexibility index (Phi) is 7.50. The number of benzene rings is 1. The molecule has 1 aromatic carbocycles. The van der Waals surface area contributed by atoms with Gasteiger partial charge in [0, 0.05) is 18.3 Å². The Hall–Kier alpha value is -2.95. The van der Waals surface area contributed by atoms with Crippen LogP contribution in [0.5, 0.6) is 0 Å². The fraction of sp³-hybridized carbons (Fsp3) is 0.333. The van der Waals surface area contributed by atoms with Crippen molar-refractivity contribution in [2.45, 2.75) is 19.6 Å². The minimum absolute atomic E-state index is 0.0162. The zero-order chi connectivity index (χ0) is 24.2. The molecule has 0 aliphatic carbocycles. The van der Waals surface area contributed by atoms with E-state index in [4.69, 9.17) is 9.47 Å². The van der Waals surface area contributed by atoms with Crippen LogP contribution in [0.3, 0.4) is 0 Å². The zero-order valence-electron chi connectivity index (χ0n) is 19.6. The van der Waals surface area contributed by atoms with Crippen molar-refractivity contribution < 1.29 is 14.3 Å². The van der Waals surface area contributed by atoms with Crippen LogP contribution in [0.1, 0.15) is 34.5 Å². The summed E-state index contributed by atoms with van der Waals surface area (Å²) < 4.78 is 14.7. The van der Waals surface area contributed by atoms with Crippen LogP contribution in [0.15, 0.2) is 53.6 Å². The van der Waals surface area contributed by atoms with Crippen molar-refractivity contribution in [1.29, 1.82) is 0 Å². The lowest BCUT2D eigenvalue weighted by Crippen LogP contribution is -2.17. The van der Waals surface area contributed by atoms with Gasteiger partial charge >= 0.3 is 10.8 Å². The van der Waals surface area contributed by atoms with E-state index in [0.717, 1.165) is 27.2 Å². The lowest BCUT2D eigenvalue weighted by molar-refractivity contribution is 0.0600. The molecule has 4 rings (SSSR count). The molecule has 4 aromatic rings. The highest BCUT2D eigenvalue weighted by Crippen LogP contribution is 2.28. The quantitative estimate of drug-likeness (QED) is 0.199. The number of methoxy groups -OCH3 is 1. The van der Waals surface area contributed by atoms with Gasteiger partial charge < -0.3 is 9.47 Å². The van der Waals surface area contributed by atoms with Crippen molar-refractivity contribution in [3.05, 3.63) is 75.3 Å². The maximum atomic E-state index is 12.5. The number of fused-ring (bicyclic) bond motifs is 1. The molecule has 10 heteroatoms. The van der Waals surface area contributed by atoms with Crippen LogP contribution in [0.4, 0.5) is 0 Å². The molecule has 0 aliphatic rings. The van der Waals surface area contributed by atoms with Gasteiger partial charge in [0.2, 0.25) is 0 Å². The molecule has 0 aliphatic heterocycles. The molecule has 0 radical (unpaired) electrons. The Morgan fingerprint density at radius 1 is 1.21 bits per heavy atom. The maximum absolute atomic E-state index is 12.5. The van der Waals surface area contributed by atoms with Gasteiger partial charge in [0.25, 0.3) is 0 Å². The molecule has 0 N–H and O–H groups in total. The number of carbonyl (C=O) groups excluding carboxylic acids is 1. The first-order chi connectivity index (χ1) is 16.4. The second-order valence-corrected chi connectivity index (χ2v) is 11.4. The number of hydrogen-bond donors (Lipinski definition) is 0. The van der Waals surface area contributed by atoms with Crippen LogP contribution in [0.2, 0.25) is 0 Å². The van der Waals surface area contributed by atoms with Crippen LogP contribution in [0.25, 0.3) is 16.0 Å². The normalized spacial score (nSPS) is 12.4. The Labute approximate surface area is 204 Å². The molecule has 0 saturated carbocycles. The lowest BCUT2D eigenvalue weighted by Gasteiger charge is -2.10. The van der Waals surface area contributed by atoms with Crippen molar-refractivity contribution in [3.8, 4) is 5.82 Å². The van der Waals surface area contributed by atoms with Crippen LogP contribution in [-0.4, -0.2) is 57.3 Å². The standard InChI is InChI=1S/C24H27N4O4S2/c1-16(19-9-10-28(26-19)22-8-6-18(14-25-22)23(29)31-2)17-5-7-20-21(13-17)33-24(30)27(20)15-32-11-12-34(3)4/h5-10,13-14,16H,11-12,15H2,1-4H3/q+1. The van der Waals surface area contributed by atoms with Gasteiger partial charge in [0.1, 0.15) is 12.5 Å². The topological polar surface area (TPSA) is 88.2 Å². The number of carbonyl (C=O) groups is 1. The van der Waals surface area contributed by atoms with Gasteiger partial charge in [-0.25, -0.2) is 14.5 Å². The average Bonchev–Trinajstić information content (AvgIpc) is 3.45. The van der Waals surface area contributed by atoms with Crippen LogP contribution in [0, 0.1) is 0 Å². The molecule has 3 aromatic heterocycles. The van der Waals surface area contributed by atoms with Gasteiger partial charge in [-0.3, -0.25) is 9.36 Å². The molecule has 0 bridgehead atoms. The van der Waals surface area contributed by atoms with Crippen LogP contribution in [-0.2, 0) is 27.1 Å². The number of ether oxygens (including phenoxy) is 2. The summed E-state index contributed by atoms with van der Waals surface area (Å²) in [5.41, 5.74) is 3.22. The molecule has 8 nitrogen and oxygen atoms in total. The second-order valence-electron chi connectivity index (χ2n) is 8.05. The molecule has 0 amide bonds. The van der Waals surface area contributed by atoms with Gasteiger partial charge in [-0.05, 0) is 46.8 Å². The van der Waals surface area contributed by atoms with E-state index < -0.39 is 5.97 Å². The number of nitrogens with zero attached hydrogens (tertiary/aromatic N) is 4. The number of esters is 1. The van der Waals surface area contributed by atoms with E-state index in [2.05, 4.69) is 35.6 Å². The Morgan fingerprint density at radius 3 is 2.74 bits per heavy atom. The fourth-order valence-electron chi connectivity index (χ4n) is 3.48. The Bertz CT molecular complexity index is 1340. The van der Waals surface area contributed by atoms with Crippen molar-refractivity contribution in [2.75, 3.05) is 32.0 Å². The highest BCUT2D eigenvalue weighted by molar-refractivity contribution is 7.95. The lowest BCUT2D eigenvalue weighted by atomic mass is 9.98. The zero-order valence-corrected chi connectivity index (χ0v) is 21.2. The molecular weight excluding hydrogens is 472 g/mol. The fourth-order valence-corrected chi connectivity index (χ4v) is 4.86. The van der Waals surface area contributed by atoms with E-state index >= 15 is 0 Å². The highest BCUT2D eigenvalue weighted by atomic mass is 32.2. The maximum Gasteiger partial charge on any atom is 0.339 e. The van der Waals surface area contributed by atoms with Crippen molar-refractivity contribution >= 4 is 38.4 Å². The van der Waals surface area contributed by atoms with E-state index in [0.29, 0.717) is 28.9 Å². The third kappa shape index (κ3) is 5.24. The molecule has 1 unspecified atom stereocenters. The van der Waals surface area contributed by atoms with E-state index in [9.17, 15) is 9.59 Å². The van der Waals surface area contributed by atoms with Gasteiger partial charge in [0.05, 0.1) is 47.7 Å². The molecule has 0 fully saturated rings. The molecule has 0 saturated heterocycles. The molecule has 34 heavy (non-hydrogen) atoms. The summed E-state index contributed by atoms with van der Waals surface area (Å²) in [7, 11) is 1.66. The number of rotatable bonds is 9. The second kappa shape index (κ2) is 10.5. The van der Waals surface area contributed by atoms with Gasteiger partial charge in [-0.2, -0.15) is 5.10 Å². The third-order valence-corrected chi connectivity index (χ3v) is 7.43. The minimum atomic E-state index is -0.428. The molecule has 178 valence electrons. The molecule has 1 atom stereocenters. The van der Waals surface area contributed by atoms with Gasteiger partial charge in [-0.1, -0.05) is 24.3 Å². The van der Waals surface area contributed by atoms with Crippen molar-refractivity contribution in [2.24, 2.45) is 0 Å². The SMILES string of the molecule is COC(=O)c1ccc(-n2ccc(C(C)c3ccc4c(c3)sc(=O)n4COCC[S+](C)C)n2)nc1. The first kappa shape index (κ1) is 24.2. The first-order valence-corrected chi connectivity index (χ1v) is 13.8. The smallest absolute Gasteiger partial charge is 0.339 e. The summed E-state index contributed by atoms with van der Waals surface area (Å²) in [6.07, 6.45) is 7.67. The Morgan fingerprint density at radius 2 is 2.03 bits per heavy atom. The predicted octanol–water partition coefficient (Wildman–Crippen LogP) is 3.43. The largest absolute Gasteiger partial charge is 0.465 e. The molecular formula is C24H27N4O4S2+. The summed E-state index contributed by atoms with van der Waals surface area (Å²) in [5, 5.41) is 4.67. The Balaban J connectivity index is 1.51. The van der Waals surface area contributed by atoms with E-state index in [-0.39, 0.29) is 17.5 Å². The van der Waals surface area contributed by atoms with E-state index in [1.54, 1.807) is 21.4 Å². The van der Waals surface area contributed by atoms with E-state index in [1.807, 2.05) is 24.4 Å². The summed E-state index contributed by atoms with van der Waals surface area (Å²) >= 11 is 1.23. The number of thiazole rings is 1. The number of hydrogen-bond acceptors (Lipinski definition) is 7. The summed E-state index contributed by atoms with van der Waals surface area (Å²) in [6.45, 7) is 3.01. The van der Waals surface area contributed by atoms with Crippen LogP contribution < -0.4 is 4.87 Å². The monoisotopic (exact) mass is 499 g/mol. The minimum Gasteiger partial charge on any atom is -0.465 e. The van der Waals surface area contributed by atoms with Gasteiger partial charge in [-0.15, -0.1) is 0 Å². The highest BCUT2D eigenvalue weighted by Gasteiger charge is 2.16. The molecule has 0 spiro atoms. The van der Waals surface area contributed by atoms with Crippen molar-refractivity contribution in [3.63, 3.8) is 0 Å². The summed E-state index contributed by atoms with van der Waals surface area (Å²) in [6, 6.07) is 11.4. The van der Waals surface area contributed by atoms with Gasteiger partial charge in [0.15, 0.2) is 5.82 Å². The predicted molar refractivity (Wildman–Crippen MR) is 136 cm³/mol. The first-order valence-electron chi connectivity index (χ1n) is 10.7. The third-order valence-electron chi connectivity index (χ3n) is 5.51. The molecule has 3 heterocycles. The number of aromatic nitrogens is 4. The average molecular weight is 500 g/mol. The van der Waals surface area contributed by atoms with Crippen LogP contribution >= 0.6 is 11.3 Å². The summed E-state index contributed by atoms with van der Waals surface area (Å²) in [5.74, 6) is 1.20.